The smallest absolute Gasteiger partial charge is 0.256 e. The van der Waals surface area contributed by atoms with E-state index in [1.165, 1.54) is 0 Å². The third kappa shape index (κ3) is 4.92. The minimum Gasteiger partial charge on any atom is -0.477 e. The molecule has 0 saturated carbocycles. The quantitative estimate of drug-likeness (QED) is 0.820. The molecule has 1 aliphatic heterocycles. The molecule has 2 rings (SSSR count). The zero-order valence-electron chi connectivity index (χ0n) is 13.7. The SMILES string of the molecule is CCOc1ncccc1C(=O)NCCN1CCN(C(C)=O)CC1. The van der Waals surface area contributed by atoms with Gasteiger partial charge < -0.3 is 15.0 Å². The monoisotopic (exact) mass is 320 g/mol. The Hall–Kier alpha value is -2.15. The van der Waals surface area contributed by atoms with E-state index in [1.54, 1.807) is 25.3 Å². The Kier molecular flexibility index (Phi) is 6.34. The fourth-order valence-electron chi connectivity index (χ4n) is 2.52. The predicted octanol–water partition coefficient (Wildman–Crippen LogP) is 0.374. The summed E-state index contributed by atoms with van der Waals surface area (Å²) in [7, 11) is 0. The van der Waals surface area contributed by atoms with Crippen LogP contribution in [0.1, 0.15) is 24.2 Å². The maximum absolute atomic E-state index is 12.2. The highest BCUT2D eigenvalue weighted by atomic mass is 16.5. The van der Waals surface area contributed by atoms with Crippen molar-refractivity contribution < 1.29 is 14.3 Å². The number of rotatable bonds is 6. The number of aromatic nitrogens is 1. The van der Waals surface area contributed by atoms with E-state index in [0.717, 1.165) is 32.7 Å². The van der Waals surface area contributed by atoms with Gasteiger partial charge in [0.05, 0.1) is 6.61 Å². The first-order valence-electron chi connectivity index (χ1n) is 7.95. The minimum absolute atomic E-state index is 0.123. The second-order valence-electron chi connectivity index (χ2n) is 5.39. The molecule has 2 heterocycles. The van der Waals surface area contributed by atoms with Crippen molar-refractivity contribution in [3.8, 4) is 5.88 Å². The van der Waals surface area contributed by atoms with E-state index in [-0.39, 0.29) is 11.8 Å². The van der Waals surface area contributed by atoms with Crippen LogP contribution in [-0.4, -0.2) is 72.5 Å². The molecule has 0 atom stereocenters. The molecule has 2 amide bonds. The first kappa shape index (κ1) is 17.2. The van der Waals surface area contributed by atoms with Gasteiger partial charge in [-0.2, -0.15) is 0 Å². The Bertz CT molecular complexity index is 542. The number of pyridine rings is 1. The molecule has 1 aromatic heterocycles. The summed E-state index contributed by atoms with van der Waals surface area (Å²) in [4.78, 5) is 31.7. The van der Waals surface area contributed by atoms with Crippen molar-refractivity contribution >= 4 is 11.8 Å². The molecule has 0 radical (unpaired) electrons. The summed E-state index contributed by atoms with van der Waals surface area (Å²) in [6.07, 6.45) is 1.61. The van der Waals surface area contributed by atoms with Crippen LogP contribution in [0.2, 0.25) is 0 Å². The van der Waals surface area contributed by atoms with E-state index < -0.39 is 0 Å². The number of ether oxygens (including phenoxy) is 1. The van der Waals surface area contributed by atoms with Gasteiger partial charge in [-0.25, -0.2) is 4.98 Å². The van der Waals surface area contributed by atoms with Crippen LogP contribution in [0.3, 0.4) is 0 Å². The van der Waals surface area contributed by atoms with Crippen LogP contribution in [0.4, 0.5) is 0 Å². The summed E-state index contributed by atoms with van der Waals surface area (Å²) in [6.45, 7) is 8.43. The lowest BCUT2D eigenvalue weighted by atomic mass is 10.2. The molecule has 7 heteroatoms. The minimum atomic E-state index is -0.177. The Balaban J connectivity index is 1.76. The van der Waals surface area contributed by atoms with Crippen molar-refractivity contribution in [3.63, 3.8) is 0 Å². The number of carbonyl (C=O) groups excluding carboxylic acids is 2. The Morgan fingerprint density at radius 1 is 1.30 bits per heavy atom. The van der Waals surface area contributed by atoms with Crippen LogP contribution in [0.5, 0.6) is 5.88 Å². The fourth-order valence-corrected chi connectivity index (χ4v) is 2.52. The highest BCUT2D eigenvalue weighted by molar-refractivity contribution is 5.96. The average molecular weight is 320 g/mol. The number of hydrogen-bond acceptors (Lipinski definition) is 5. The second-order valence-corrected chi connectivity index (χ2v) is 5.39. The highest BCUT2D eigenvalue weighted by Gasteiger charge is 2.18. The Morgan fingerprint density at radius 2 is 2.04 bits per heavy atom. The third-order valence-corrected chi connectivity index (χ3v) is 3.83. The van der Waals surface area contributed by atoms with Gasteiger partial charge in [0.15, 0.2) is 0 Å². The van der Waals surface area contributed by atoms with Crippen molar-refractivity contribution in [1.29, 1.82) is 0 Å². The molecule has 1 aliphatic rings. The number of nitrogens with one attached hydrogen (secondary N) is 1. The van der Waals surface area contributed by atoms with Gasteiger partial charge in [0, 0.05) is 52.4 Å². The van der Waals surface area contributed by atoms with Gasteiger partial charge in [-0.3, -0.25) is 14.5 Å². The van der Waals surface area contributed by atoms with Crippen LogP contribution in [0.15, 0.2) is 18.3 Å². The van der Waals surface area contributed by atoms with Gasteiger partial charge in [-0.15, -0.1) is 0 Å². The molecule has 0 spiro atoms. The standard InChI is InChI=1S/C16H24N4O3/c1-3-23-16-14(5-4-6-18-16)15(22)17-7-8-19-9-11-20(12-10-19)13(2)21/h4-6H,3,7-12H2,1-2H3,(H,17,22). The Labute approximate surface area is 136 Å². The molecule has 1 saturated heterocycles. The maximum atomic E-state index is 12.2. The van der Waals surface area contributed by atoms with Gasteiger partial charge in [-0.1, -0.05) is 0 Å². The van der Waals surface area contributed by atoms with Gasteiger partial charge in [0.25, 0.3) is 5.91 Å². The van der Waals surface area contributed by atoms with Gasteiger partial charge >= 0.3 is 0 Å². The average Bonchev–Trinajstić information content (AvgIpc) is 2.56. The largest absolute Gasteiger partial charge is 0.477 e. The lowest BCUT2D eigenvalue weighted by Crippen LogP contribution is -2.49. The lowest BCUT2D eigenvalue weighted by Gasteiger charge is -2.34. The lowest BCUT2D eigenvalue weighted by molar-refractivity contribution is -0.130. The van der Waals surface area contributed by atoms with Crippen LogP contribution >= 0.6 is 0 Å². The molecule has 0 aliphatic carbocycles. The molecule has 1 N–H and O–H groups in total. The zero-order chi connectivity index (χ0) is 16.7. The number of hydrogen-bond donors (Lipinski definition) is 1. The molecular weight excluding hydrogens is 296 g/mol. The number of nitrogens with zero attached hydrogens (tertiary/aromatic N) is 3. The summed E-state index contributed by atoms with van der Waals surface area (Å²) < 4.78 is 5.37. The summed E-state index contributed by atoms with van der Waals surface area (Å²) in [5, 5.41) is 2.90. The molecule has 126 valence electrons. The van der Waals surface area contributed by atoms with Gasteiger partial charge in [0.2, 0.25) is 11.8 Å². The maximum Gasteiger partial charge on any atom is 0.256 e. The summed E-state index contributed by atoms with van der Waals surface area (Å²) >= 11 is 0. The van der Waals surface area contributed by atoms with Crippen molar-refractivity contribution in [3.05, 3.63) is 23.9 Å². The number of piperazine rings is 1. The topological polar surface area (TPSA) is 74.8 Å². The van der Waals surface area contributed by atoms with Gasteiger partial charge in [-0.05, 0) is 19.1 Å². The molecule has 23 heavy (non-hydrogen) atoms. The van der Waals surface area contributed by atoms with Crippen LogP contribution in [0, 0.1) is 0 Å². The third-order valence-electron chi connectivity index (χ3n) is 3.83. The van der Waals surface area contributed by atoms with Crippen LogP contribution < -0.4 is 10.1 Å². The molecule has 0 bridgehead atoms. The Morgan fingerprint density at radius 3 is 2.70 bits per heavy atom. The van der Waals surface area contributed by atoms with Crippen LogP contribution in [0.25, 0.3) is 0 Å². The van der Waals surface area contributed by atoms with Gasteiger partial charge in [0.1, 0.15) is 5.56 Å². The van der Waals surface area contributed by atoms with Crippen molar-refractivity contribution in [2.45, 2.75) is 13.8 Å². The van der Waals surface area contributed by atoms with E-state index in [9.17, 15) is 9.59 Å². The van der Waals surface area contributed by atoms with E-state index in [4.69, 9.17) is 4.74 Å². The molecule has 1 aromatic rings. The molecule has 7 nitrogen and oxygen atoms in total. The zero-order valence-corrected chi connectivity index (χ0v) is 13.7. The first-order chi connectivity index (χ1) is 11.1. The van der Waals surface area contributed by atoms with Crippen LogP contribution in [-0.2, 0) is 4.79 Å². The fraction of sp³-hybridized carbons (Fsp3) is 0.562. The summed E-state index contributed by atoms with van der Waals surface area (Å²) in [5.41, 5.74) is 0.454. The predicted molar refractivity (Wildman–Crippen MR) is 86.4 cm³/mol. The van der Waals surface area contributed by atoms with Crippen molar-refractivity contribution in [2.75, 3.05) is 45.9 Å². The number of amides is 2. The molecule has 1 fully saturated rings. The van der Waals surface area contributed by atoms with E-state index in [2.05, 4.69) is 15.2 Å². The van der Waals surface area contributed by atoms with E-state index in [1.807, 2.05) is 11.8 Å². The number of carbonyl (C=O) groups is 2. The summed E-state index contributed by atoms with van der Waals surface area (Å²) in [6, 6.07) is 3.43. The highest BCUT2D eigenvalue weighted by Crippen LogP contribution is 2.13. The summed E-state index contributed by atoms with van der Waals surface area (Å²) in [5.74, 6) is 0.310. The molecule has 0 aromatic carbocycles. The molecular formula is C16H24N4O3. The van der Waals surface area contributed by atoms with E-state index in [0.29, 0.717) is 24.6 Å². The van der Waals surface area contributed by atoms with E-state index >= 15 is 0 Å². The normalized spacial score (nSPS) is 15.3. The van der Waals surface area contributed by atoms with Crippen molar-refractivity contribution in [1.82, 2.24) is 20.1 Å². The van der Waals surface area contributed by atoms with Crippen molar-refractivity contribution in [2.24, 2.45) is 0 Å². The molecule has 0 unspecified atom stereocenters. The first-order valence-corrected chi connectivity index (χ1v) is 7.95. The second kappa shape index (κ2) is 8.47.